The van der Waals surface area contributed by atoms with E-state index < -0.39 is 22.8 Å². The van der Waals surface area contributed by atoms with Crippen molar-refractivity contribution in [1.82, 2.24) is 19.6 Å². The molecule has 14 heteroatoms. The maximum atomic E-state index is 13.8. The fraction of sp³-hybridized carbons (Fsp3) is 0.190. The summed E-state index contributed by atoms with van der Waals surface area (Å²) >= 11 is 12.3. The molecule has 0 fully saturated rings. The predicted octanol–water partition coefficient (Wildman–Crippen LogP) is 10.5. The number of benzene rings is 4. The number of halogens is 4. The fourth-order valence-electron chi connectivity index (χ4n) is 5.79. The molecule has 0 saturated carbocycles. The molecule has 2 heterocycles. The van der Waals surface area contributed by atoms with Crippen LogP contribution < -0.4 is 21.8 Å². The molecule has 0 aliphatic rings. The zero-order valence-corrected chi connectivity index (χ0v) is 32.8. The van der Waals surface area contributed by atoms with E-state index in [-0.39, 0.29) is 57.5 Å². The van der Waals surface area contributed by atoms with E-state index in [1.54, 1.807) is 88.4 Å². The minimum absolute atomic E-state index is 0.0589. The van der Waals surface area contributed by atoms with Crippen LogP contribution in [0.3, 0.4) is 0 Å². The molecule has 6 rings (SSSR count). The van der Waals surface area contributed by atoms with Gasteiger partial charge in [-0.15, -0.1) is 0 Å². The van der Waals surface area contributed by atoms with E-state index in [0.29, 0.717) is 32.5 Å². The van der Waals surface area contributed by atoms with E-state index in [0.717, 1.165) is 0 Å². The number of nitrogens with one attached hydrogen (secondary N) is 2. The van der Waals surface area contributed by atoms with Crippen molar-refractivity contribution in [1.29, 1.82) is 0 Å². The molecule has 0 radical (unpaired) electrons. The second-order valence-corrected chi connectivity index (χ2v) is 14.1. The van der Waals surface area contributed by atoms with Crippen molar-refractivity contribution >= 4 is 57.5 Å². The average Bonchev–Trinajstić information content (AvgIpc) is 3.13. The number of rotatable bonds is 10. The number of carbonyl (C=O) groups excluding carboxylic acids is 2. The van der Waals surface area contributed by atoms with Gasteiger partial charge in [0.05, 0.1) is 33.9 Å². The molecule has 2 aromatic heterocycles. The zero-order chi connectivity index (χ0) is 40.8. The van der Waals surface area contributed by atoms with Crippen LogP contribution in [0.1, 0.15) is 74.3 Å². The molecule has 0 spiro atoms. The van der Waals surface area contributed by atoms with E-state index in [9.17, 15) is 28.0 Å². The molecule has 2 N–H and O–H groups in total. The molecular formula is C42H38Cl2F2N6O4. The Kier molecular flexibility index (Phi) is 13.0. The summed E-state index contributed by atoms with van der Waals surface area (Å²) in [6.45, 7) is 9.91. The van der Waals surface area contributed by atoms with Gasteiger partial charge >= 0.3 is 0 Å². The van der Waals surface area contributed by atoms with Gasteiger partial charge in [-0.25, -0.2) is 18.1 Å². The third-order valence-corrected chi connectivity index (χ3v) is 8.90. The van der Waals surface area contributed by atoms with Gasteiger partial charge in [0.1, 0.15) is 34.4 Å². The molecule has 0 unspecified atom stereocenters. The van der Waals surface area contributed by atoms with Gasteiger partial charge in [0.25, 0.3) is 11.1 Å². The number of hydrogen-bond acceptors (Lipinski definition) is 8. The van der Waals surface area contributed by atoms with Crippen molar-refractivity contribution in [3.63, 3.8) is 0 Å². The highest BCUT2D eigenvalue weighted by Gasteiger charge is 2.25. The molecule has 288 valence electrons. The lowest BCUT2D eigenvalue weighted by molar-refractivity contribution is 0.101. The third kappa shape index (κ3) is 9.27. The predicted molar refractivity (Wildman–Crippen MR) is 218 cm³/mol. The van der Waals surface area contributed by atoms with E-state index in [1.807, 2.05) is 0 Å². The summed E-state index contributed by atoms with van der Waals surface area (Å²) < 4.78 is 30.2. The molecule has 0 atom stereocenters. The first kappa shape index (κ1) is 41.2. The Morgan fingerprint density at radius 1 is 0.625 bits per heavy atom. The zero-order valence-electron chi connectivity index (χ0n) is 31.3. The second kappa shape index (κ2) is 17.7. The summed E-state index contributed by atoms with van der Waals surface area (Å²) in [7, 11) is 0. The highest BCUT2D eigenvalue weighted by Crippen LogP contribution is 2.32. The van der Waals surface area contributed by atoms with Crippen LogP contribution in [0.25, 0.3) is 22.5 Å². The Bertz CT molecular complexity index is 2570. The van der Waals surface area contributed by atoms with Gasteiger partial charge < -0.3 is 10.6 Å². The third-order valence-electron chi connectivity index (χ3n) is 8.34. The monoisotopic (exact) mass is 798 g/mol. The van der Waals surface area contributed by atoms with Gasteiger partial charge in [0, 0.05) is 21.8 Å². The standard InChI is InChI=1S/2C21H19ClFN3O2/c1-12(2)26-21(28)20(24-17-9-5-7-15(22)11-17)18(13(3)27)19(25-26)14-6-4-8-16(23)10-14;1-12(2)26-21(28)20(24-17-10-5-4-9-16(17)22)18(13(3)27)19(25-26)14-7-6-8-15(23)11-14/h2*4-12,24H,1-3H3. The maximum Gasteiger partial charge on any atom is 0.291 e. The molecular weight excluding hydrogens is 761 g/mol. The summed E-state index contributed by atoms with van der Waals surface area (Å²) in [5.41, 5.74) is 1.76. The number of carbonyl (C=O) groups is 2. The van der Waals surface area contributed by atoms with Crippen molar-refractivity contribution in [2.24, 2.45) is 0 Å². The van der Waals surface area contributed by atoms with E-state index >= 15 is 0 Å². The number of para-hydroxylation sites is 1. The second-order valence-electron chi connectivity index (χ2n) is 13.3. The highest BCUT2D eigenvalue weighted by molar-refractivity contribution is 6.33. The Balaban J connectivity index is 0.000000214. The molecule has 0 bridgehead atoms. The molecule has 56 heavy (non-hydrogen) atoms. The molecule has 0 amide bonds. The van der Waals surface area contributed by atoms with Gasteiger partial charge in [-0.2, -0.15) is 10.2 Å². The summed E-state index contributed by atoms with van der Waals surface area (Å²) in [4.78, 5) is 51.1. The molecule has 0 aliphatic carbocycles. The number of nitrogens with zero attached hydrogens (tertiary/aromatic N) is 4. The van der Waals surface area contributed by atoms with Crippen molar-refractivity contribution in [2.75, 3.05) is 10.6 Å². The van der Waals surface area contributed by atoms with Gasteiger partial charge in [0.2, 0.25) is 0 Å². The summed E-state index contributed by atoms with van der Waals surface area (Å²) in [5.74, 6) is -1.64. The number of aromatic nitrogens is 4. The largest absolute Gasteiger partial charge is 0.350 e. The van der Waals surface area contributed by atoms with Gasteiger partial charge in [0.15, 0.2) is 11.6 Å². The minimum atomic E-state index is -0.461. The van der Waals surface area contributed by atoms with Gasteiger partial charge in [-0.3, -0.25) is 19.2 Å². The quantitative estimate of drug-likeness (QED) is 0.131. The van der Waals surface area contributed by atoms with Crippen LogP contribution in [0.5, 0.6) is 0 Å². The first-order valence-electron chi connectivity index (χ1n) is 17.5. The lowest BCUT2D eigenvalue weighted by Gasteiger charge is -2.18. The topological polar surface area (TPSA) is 128 Å². The normalized spacial score (nSPS) is 10.9. The van der Waals surface area contributed by atoms with Gasteiger partial charge in [-0.05, 0) is 96.1 Å². The minimum Gasteiger partial charge on any atom is -0.350 e. The van der Waals surface area contributed by atoms with Gasteiger partial charge in [-0.1, -0.05) is 65.7 Å². The summed E-state index contributed by atoms with van der Waals surface area (Å²) in [6.07, 6.45) is 0. The van der Waals surface area contributed by atoms with Crippen molar-refractivity contribution in [3.8, 4) is 22.5 Å². The fourth-order valence-corrected chi connectivity index (χ4v) is 6.16. The SMILES string of the molecule is CC(=O)c1c(-c2cccc(F)c2)nn(C(C)C)c(=O)c1Nc1cccc(Cl)c1.CC(=O)c1c(-c2cccc(F)c2)nn(C(C)C)c(=O)c1Nc1ccccc1Cl. The Labute approximate surface area is 331 Å². The van der Waals surface area contributed by atoms with Crippen LogP contribution >= 0.6 is 23.2 Å². The van der Waals surface area contributed by atoms with Crippen LogP contribution in [0.15, 0.2) is 107 Å². The van der Waals surface area contributed by atoms with Crippen LogP contribution in [0.2, 0.25) is 10.0 Å². The number of Topliss-reactive ketones (excluding diaryl/α,β-unsaturated/α-hetero) is 2. The molecule has 0 aliphatic heterocycles. The average molecular weight is 800 g/mol. The van der Waals surface area contributed by atoms with Crippen molar-refractivity contribution < 1.29 is 18.4 Å². The first-order valence-corrected chi connectivity index (χ1v) is 18.2. The highest BCUT2D eigenvalue weighted by atomic mass is 35.5. The summed E-state index contributed by atoms with van der Waals surface area (Å²) in [5, 5.41) is 15.6. The molecule has 6 aromatic rings. The van der Waals surface area contributed by atoms with Crippen LogP contribution in [0.4, 0.5) is 31.5 Å². The Morgan fingerprint density at radius 2 is 1.09 bits per heavy atom. The Morgan fingerprint density at radius 3 is 1.52 bits per heavy atom. The maximum absolute atomic E-state index is 13.8. The van der Waals surface area contributed by atoms with Crippen molar-refractivity contribution in [3.05, 3.63) is 151 Å². The lowest BCUT2D eigenvalue weighted by atomic mass is 10.0. The van der Waals surface area contributed by atoms with E-state index in [1.165, 1.54) is 59.6 Å². The lowest BCUT2D eigenvalue weighted by Crippen LogP contribution is -2.30. The van der Waals surface area contributed by atoms with E-state index in [2.05, 4.69) is 20.8 Å². The first-order chi connectivity index (χ1) is 26.6. The summed E-state index contributed by atoms with van der Waals surface area (Å²) in [6, 6.07) is 24.7. The molecule has 10 nitrogen and oxygen atoms in total. The number of ketones is 2. The van der Waals surface area contributed by atoms with Crippen molar-refractivity contribution in [2.45, 2.75) is 53.6 Å². The van der Waals surface area contributed by atoms with Crippen LogP contribution in [0, 0.1) is 11.6 Å². The molecule has 0 saturated heterocycles. The number of anilines is 4. The smallest absolute Gasteiger partial charge is 0.291 e. The van der Waals surface area contributed by atoms with Crippen LogP contribution in [-0.4, -0.2) is 31.1 Å². The molecule has 4 aromatic carbocycles. The number of hydrogen-bond donors (Lipinski definition) is 2. The van der Waals surface area contributed by atoms with E-state index in [4.69, 9.17) is 23.2 Å². The Hall–Kier alpha value is -5.98. The van der Waals surface area contributed by atoms with Crippen LogP contribution in [-0.2, 0) is 0 Å².